The smallest absolute Gasteiger partial charge is 0.155 e. The van der Waals surface area contributed by atoms with Crippen molar-refractivity contribution >= 4 is 5.78 Å². The van der Waals surface area contributed by atoms with E-state index >= 15 is 0 Å². The molecule has 0 unspecified atom stereocenters. The predicted octanol–water partition coefficient (Wildman–Crippen LogP) is 2.83. The zero-order valence-corrected chi connectivity index (χ0v) is 11.2. The second kappa shape index (κ2) is 8.71. The van der Waals surface area contributed by atoms with Crippen LogP contribution >= 0.6 is 0 Å². The summed E-state index contributed by atoms with van der Waals surface area (Å²) in [5.41, 5.74) is 0.352. The van der Waals surface area contributed by atoms with E-state index in [1.807, 2.05) is 0 Å². The van der Waals surface area contributed by atoms with Crippen molar-refractivity contribution in [1.82, 2.24) is 0 Å². The number of Topliss-reactive ketones (excluding diaryl/α,β-unsaturated/α-hetero) is 1. The zero-order valence-electron chi connectivity index (χ0n) is 11.2. The van der Waals surface area contributed by atoms with E-state index in [9.17, 15) is 4.79 Å². The predicted molar refractivity (Wildman–Crippen MR) is 65.6 cm³/mol. The quantitative estimate of drug-likeness (QED) is 0.571. The molecule has 0 saturated heterocycles. The van der Waals surface area contributed by atoms with Crippen LogP contribution in [0.4, 0.5) is 0 Å². The molecule has 96 valence electrons. The summed E-state index contributed by atoms with van der Waals surface area (Å²) in [5, 5.41) is 0. The average molecular weight is 230 g/mol. The van der Waals surface area contributed by atoms with Crippen LogP contribution in [-0.4, -0.2) is 32.2 Å². The van der Waals surface area contributed by atoms with Crippen LogP contribution in [0.3, 0.4) is 0 Å². The SMILES string of the molecule is CC(=O)COCCCCOCCC(C)(C)C. The molecular formula is C13H26O3. The lowest BCUT2D eigenvalue weighted by Gasteiger charge is -2.17. The summed E-state index contributed by atoms with van der Waals surface area (Å²) in [6.07, 6.45) is 3.05. The van der Waals surface area contributed by atoms with Crippen LogP contribution in [0.5, 0.6) is 0 Å². The first-order chi connectivity index (χ1) is 7.42. The number of rotatable bonds is 9. The fourth-order valence-corrected chi connectivity index (χ4v) is 1.10. The number of hydrogen-bond acceptors (Lipinski definition) is 3. The highest BCUT2D eigenvalue weighted by molar-refractivity contribution is 5.76. The highest BCUT2D eigenvalue weighted by atomic mass is 16.5. The zero-order chi connectivity index (χ0) is 12.4. The van der Waals surface area contributed by atoms with Crippen LogP contribution < -0.4 is 0 Å². The third-order valence-electron chi connectivity index (χ3n) is 2.13. The van der Waals surface area contributed by atoms with Crippen molar-refractivity contribution in [3.05, 3.63) is 0 Å². The third-order valence-corrected chi connectivity index (χ3v) is 2.13. The molecule has 0 heterocycles. The Morgan fingerprint density at radius 1 is 1.00 bits per heavy atom. The number of ketones is 1. The summed E-state index contributed by atoms with van der Waals surface area (Å²) in [7, 11) is 0. The molecule has 0 rings (SSSR count). The van der Waals surface area contributed by atoms with Crippen LogP contribution in [0, 0.1) is 5.41 Å². The van der Waals surface area contributed by atoms with Crippen molar-refractivity contribution in [3.8, 4) is 0 Å². The first-order valence-corrected chi connectivity index (χ1v) is 6.07. The van der Waals surface area contributed by atoms with Gasteiger partial charge >= 0.3 is 0 Å². The fourth-order valence-electron chi connectivity index (χ4n) is 1.10. The fraction of sp³-hybridized carbons (Fsp3) is 0.923. The summed E-state index contributed by atoms with van der Waals surface area (Å²) in [4.78, 5) is 10.6. The summed E-state index contributed by atoms with van der Waals surface area (Å²) >= 11 is 0. The second-order valence-electron chi connectivity index (χ2n) is 5.38. The normalized spacial score (nSPS) is 11.8. The Labute approximate surface area is 99.5 Å². The summed E-state index contributed by atoms with van der Waals surface area (Å²) in [5.74, 6) is 0.0847. The van der Waals surface area contributed by atoms with Crippen LogP contribution in [0.15, 0.2) is 0 Å². The number of ether oxygens (including phenoxy) is 2. The van der Waals surface area contributed by atoms with Gasteiger partial charge < -0.3 is 9.47 Å². The van der Waals surface area contributed by atoms with Crippen molar-refractivity contribution in [2.75, 3.05) is 26.4 Å². The van der Waals surface area contributed by atoms with Crippen molar-refractivity contribution < 1.29 is 14.3 Å². The first kappa shape index (κ1) is 15.6. The van der Waals surface area contributed by atoms with E-state index in [-0.39, 0.29) is 12.4 Å². The van der Waals surface area contributed by atoms with E-state index in [4.69, 9.17) is 9.47 Å². The Hall–Kier alpha value is -0.410. The molecule has 0 aliphatic heterocycles. The molecule has 0 saturated carbocycles. The van der Waals surface area contributed by atoms with Crippen LogP contribution in [-0.2, 0) is 14.3 Å². The van der Waals surface area contributed by atoms with Crippen LogP contribution in [0.1, 0.15) is 47.0 Å². The molecule has 0 fully saturated rings. The van der Waals surface area contributed by atoms with E-state index in [1.165, 1.54) is 6.92 Å². The molecule has 3 heteroatoms. The molecule has 16 heavy (non-hydrogen) atoms. The summed E-state index contributed by atoms with van der Waals surface area (Å²) in [6, 6.07) is 0. The van der Waals surface area contributed by atoms with Crippen molar-refractivity contribution in [1.29, 1.82) is 0 Å². The molecule has 0 atom stereocenters. The molecule has 0 N–H and O–H groups in total. The van der Waals surface area contributed by atoms with Gasteiger partial charge in [-0.05, 0) is 31.6 Å². The van der Waals surface area contributed by atoms with E-state index in [0.29, 0.717) is 12.0 Å². The van der Waals surface area contributed by atoms with E-state index < -0.39 is 0 Å². The minimum atomic E-state index is 0.0847. The van der Waals surface area contributed by atoms with Gasteiger partial charge in [0.05, 0.1) is 0 Å². The average Bonchev–Trinajstić information content (AvgIpc) is 2.13. The van der Waals surface area contributed by atoms with Crippen molar-refractivity contribution in [2.45, 2.75) is 47.0 Å². The molecule has 0 radical (unpaired) electrons. The summed E-state index contributed by atoms with van der Waals surface area (Å²) in [6.45, 7) is 10.7. The van der Waals surface area contributed by atoms with Gasteiger partial charge in [-0.2, -0.15) is 0 Å². The van der Waals surface area contributed by atoms with Crippen LogP contribution in [0.25, 0.3) is 0 Å². The van der Waals surface area contributed by atoms with Gasteiger partial charge in [-0.1, -0.05) is 20.8 Å². The molecule has 0 spiro atoms. The highest BCUT2D eigenvalue weighted by Gasteiger charge is 2.08. The van der Waals surface area contributed by atoms with Crippen LogP contribution in [0.2, 0.25) is 0 Å². The maximum Gasteiger partial charge on any atom is 0.155 e. The molecule has 3 nitrogen and oxygen atoms in total. The van der Waals surface area contributed by atoms with Gasteiger partial charge in [-0.25, -0.2) is 0 Å². The molecular weight excluding hydrogens is 204 g/mol. The first-order valence-electron chi connectivity index (χ1n) is 6.07. The largest absolute Gasteiger partial charge is 0.381 e. The van der Waals surface area contributed by atoms with Gasteiger partial charge in [0.1, 0.15) is 6.61 Å². The molecule has 0 aromatic heterocycles. The third kappa shape index (κ3) is 13.6. The number of carbonyl (C=O) groups is 1. The van der Waals surface area contributed by atoms with E-state index in [2.05, 4.69) is 20.8 Å². The standard InChI is InChI=1S/C13H26O3/c1-12(14)11-16-9-6-5-8-15-10-7-13(2,3)4/h5-11H2,1-4H3. The Balaban J connectivity index is 3.07. The molecule has 0 aromatic rings. The van der Waals surface area contributed by atoms with Gasteiger partial charge in [-0.3, -0.25) is 4.79 Å². The lowest BCUT2D eigenvalue weighted by atomic mass is 9.93. The van der Waals surface area contributed by atoms with Gasteiger partial charge in [0.2, 0.25) is 0 Å². The molecule has 0 aliphatic rings. The number of unbranched alkanes of at least 4 members (excludes halogenated alkanes) is 1. The number of hydrogen-bond donors (Lipinski definition) is 0. The minimum Gasteiger partial charge on any atom is -0.381 e. The van der Waals surface area contributed by atoms with E-state index in [0.717, 1.165) is 32.5 Å². The molecule has 0 amide bonds. The molecule has 0 bridgehead atoms. The minimum absolute atomic E-state index is 0.0847. The molecule has 0 aliphatic carbocycles. The second-order valence-corrected chi connectivity index (χ2v) is 5.38. The monoisotopic (exact) mass is 230 g/mol. The Morgan fingerprint density at radius 2 is 1.56 bits per heavy atom. The summed E-state index contributed by atoms with van der Waals surface area (Å²) < 4.78 is 10.7. The maximum atomic E-state index is 10.6. The Bertz CT molecular complexity index is 182. The Kier molecular flexibility index (Phi) is 8.49. The lowest BCUT2D eigenvalue weighted by molar-refractivity contribution is -0.121. The van der Waals surface area contributed by atoms with E-state index in [1.54, 1.807) is 0 Å². The van der Waals surface area contributed by atoms with Crippen molar-refractivity contribution in [2.24, 2.45) is 5.41 Å². The van der Waals surface area contributed by atoms with Gasteiger partial charge in [0.15, 0.2) is 5.78 Å². The molecule has 0 aromatic carbocycles. The maximum absolute atomic E-state index is 10.6. The Morgan fingerprint density at radius 3 is 2.06 bits per heavy atom. The highest BCUT2D eigenvalue weighted by Crippen LogP contribution is 2.17. The van der Waals surface area contributed by atoms with Gasteiger partial charge in [0.25, 0.3) is 0 Å². The van der Waals surface area contributed by atoms with Gasteiger partial charge in [-0.15, -0.1) is 0 Å². The topological polar surface area (TPSA) is 35.5 Å². The number of carbonyl (C=O) groups excluding carboxylic acids is 1. The van der Waals surface area contributed by atoms with Crippen molar-refractivity contribution in [3.63, 3.8) is 0 Å². The lowest BCUT2D eigenvalue weighted by Crippen LogP contribution is -2.10. The van der Waals surface area contributed by atoms with Gasteiger partial charge in [0, 0.05) is 19.8 Å².